The van der Waals surface area contributed by atoms with Crippen molar-refractivity contribution in [2.45, 2.75) is 81.1 Å². The van der Waals surface area contributed by atoms with Crippen molar-refractivity contribution in [1.29, 1.82) is 0 Å². The third-order valence-corrected chi connectivity index (χ3v) is 5.61. The van der Waals surface area contributed by atoms with Gasteiger partial charge in [-0.3, -0.25) is 4.79 Å². The maximum absolute atomic E-state index is 12.3. The molecule has 0 saturated carbocycles. The van der Waals surface area contributed by atoms with Crippen LogP contribution in [0, 0.1) is 0 Å². The number of unbranched alkanes of at least 4 members (excludes halogenated alkanes) is 8. The first-order valence-corrected chi connectivity index (χ1v) is 12.3. The first-order chi connectivity index (χ1) is 14.2. The summed E-state index contributed by atoms with van der Waals surface area (Å²) in [6.07, 6.45) is 10.1. The molecule has 1 unspecified atom stereocenters. The van der Waals surface area contributed by atoms with Crippen molar-refractivity contribution in [2.24, 2.45) is 0 Å². The lowest BCUT2D eigenvalue weighted by Crippen LogP contribution is -2.56. The minimum atomic E-state index is -1.77. The van der Waals surface area contributed by atoms with Gasteiger partial charge in [-0.2, -0.15) is 0 Å². The summed E-state index contributed by atoms with van der Waals surface area (Å²) in [4.78, 5) is 12.3. The third kappa shape index (κ3) is 13.1. The Morgan fingerprint density at radius 2 is 1.60 bits per heavy atom. The van der Waals surface area contributed by atoms with Crippen LogP contribution in [0.1, 0.15) is 71.1 Å². The van der Waals surface area contributed by atoms with E-state index >= 15 is 0 Å². The largest absolute Gasteiger partial charge is 0.339 e. The molecule has 170 valence electrons. The van der Waals surface area contributed by atoms with Gasteiger partial charge in [0.1, 0.15) is 6.17 Å². The highest BCUT2D eigenvalue weighted by Crippen LogP contribution is 2.29. The Morgan fingerprint density at radius 3 is 2.17 bits per heavy atom. The Morgan fingerprint density at radius 1 is 1.00 bits per heavy atom. The van der Waals surface area contributed by atoms with Gasteiger partial charge in [0.2, 0.25) is 9.70 Å². The number of halogens is 4. The lowest BCUT2D eigenvalue weighted by atomic mass is 10.1. The fourth-order valence-electron chi connectivity index (χ4n) is 2.89. The highest BCUT2D eigenvalue weighted by atomic mass is 35.6. The van der Waals surface area contributed by atoms with Crippen LogP contribution in [0.25, 0.3) is 0 Å². The minimum absolute atomic E-state index is 0.188. The number of rotatable bonds is 13. The topological polar surface area (TPSA) is 53.2 Å². The number of hydrogen-bond donors (Lipinski definition) is 3. The van der Waals surface area contributed by atoms with Crippen molar-refractivity contribution < 1.29 is 4.79 Å². The molecule has 0 spiro atoms. The summed E-state index contributed by atoms with van der Waals surface area (Å²) in [5, 5.41) is 9.27. The summed E-state index contributed by atoms with van der Waals surface area (Å²) in [6.45, 7) is 2.22. The number of thiocarbonyl (C=S) groups is 1. The zero-order valence-electron chi connectivity index (χ0n) is 17.3. The van der Waals surface area contributed by atoms with E-state index in [0.717, 1.165) is 19.3 Å². The lowest BCUT2D eigenvalue weighted by Gasteiger charge is -2.27. The molecule has 1 amide bonds. The molecule has 0 aliphatic rings. The average molecular weight is 515 g/mol. The van der Waals surface area contributed by atoms with Gasteiger partial charge in [-0.05, 0) is 36.8 Å². The number of alkyl halides is 3. The number of benzene rings is 1. The number of carbonyl (C=O) groups excluding carboxylic acids is 1. The van der Waals surface area contributed by atoms with E-state index in [1.54, 1.807) is 24.3 Å². The summed E-state index contributed by atoms with van der Waals surface area (Å²) in [5.41, 5.74) is 0.684. The van der Waals surface area contributed by atoms with Gasteiger partial charge < -0.3 is 16.0 Å². The molecule has 0 aliphatic carbocycles. The monoisotopic (exact) mass is 513 g/mol. The van der Waals surface area contributed by atoms with E-state index < -0.39 is 9.96 Å². The number of hydrogen-bond acceptors (Lipinski definition) is 2. The molecule has 4 nitrogen and oxygen atoms in total. The third-order valence-electron chi connectivity index (χ3n) is 4.50. The van der Waals surface area contributed by atoms with E-state index in [9.17, 15) is 4.79 Å². The standard InChI is InChI=1S/C21H31Cl4N3OS/c1-2-3-4-5-6-7-8-9-10-14-18(29)27-19(21(23,24)25)28-20(30)26-17-13-11-12-16(22)15-17/h11-13,15,19H,2-10,14H2,1H3,(H,27,29)(H2,26,28,30). The molecule has 1 atom stereocenters. The molecule has 1 aromatic carbocycles. The number of nitrogens with one attached hydrogen (secondary N) is 3. The van der Waals surface area contributed by atoms with Crippen LogP contribution in [0.2, 0.25) is 5.02 Å². The molecule has 0 aliphatic heterocycles. The average Bonchev–Trinajstić information content (AvgIpc) is 2.65. The van der Waals surface area contributed by atoms with Gasteiger partial charge in [0, 0.05) is 17.1 Å². The van der Waals surface area contributed by atoms with Crippen LogP contribution < -0.4 is 16.0 Å². The molecule has 0 fully saturated rings. The van der Waals surface area contributed by atoms with Gasteiger partial charge in [0.05, 0.1) is 0 Å². The summed E-state index contributed by atoms with van der Waals surface area (Å²) >= 11 is 29.3. The molecule has 0 radical (unpaired) electrons. The summed E-state index contributed by atoms with van der Waals surface area (Å²) < 4.78 is -1.77. The zero-order chi connectivity index (χ0) is 22.4. The van der Waals surface area contributed by atoms with Crippen LogP contribution in [0.15, 0.2) is 24.3 Å². The van der Waals surface area contributed by atoms with E-state index in [2.05, 4.69) is 22.9 Å². The molecule has 0 bridgehead atoms. The molecule has 30 heavy (non-hydrogen) atoms. The Hall–Kier alpha value is -0.460. The van der Waals surface area contributed by atoms with Crippen molar-refractivity contribution in [2.75, 3.05) is 5.32 Å². The maximum Gasteiger partial charge on any atom is 0.228 e. The SMILES string of the molecule is CCCCCCCCCCCC(=O)NC(NC(=S)Nc1cccc(Cl)c1)C(Cl)(Cl)Cl. The van der Waals surface area contributed by atoms with Crippen molar-refractivity contribution in [3.8, 4) is 0 Å². The molecule has 1 aromatic rings. The smallest absolute Gasteiger partial charge is 0.228 e. The minimum Gasteiger partial charge on any atom is -0.339 e. The Kier molecular flexibility index (Phi) is 14.1. The molecule has 0 saturated heterocycles. The van der Waals surface area contributed by atoms with Crippen LogP contribution in [0.5, 0.6) is 0 Å². The number of carbonyl (C=O) groups is 1. The van der Waals surface area contributed by atoms with Crippen molar-refractivity contribution >= 4 is 75.3 Å². The second kappa shape index (κ2) is 15.4. The van der Waals surface area contributed by atoms with Crippen molar-refractivity contribution in [3.05, 3.63) is 29.3 Å². The highest BCUT2D eigenvalue weighted by molar-refractivity contribution is 7.80. The molecule has 9 heteroatoms. The highest BCUT2D eigenvalue weighted by Gasteiger charge is 2.34. The summed E-state index contributed by atoms with van der Waals surface area (Å²) in [5.74, 6) is -0.188. The van der Waals surface area contributed by atoms with Crippen molar-refractivity contribution in [3.63, 3.8) is 0 Å². The Balaban J connectivity index is 2.34. The van der Waals surface area contributed by atoms with Crippen LogP contribution in [0.4, 0.5) is 5.69 Å². The van der Waals surface area contributed by atoms with Crippen molar-refractivity contribution in [1.82, 2.24) is 10.6 Å². The van der Waals surface area contributed by atoms with E-state index in [-0.39, 0.29) is 11.0 Å². The Labute approximate surface area is 205 Å². The normalized spacial score (nSPS) is 12.3. The molecular weight excluding hydrogens is 484 g/mol. The van der Waals surface area contributed by atoms with E-state index in [4.69, 9.17) is 58.6 Å². The van der Waals surface area contributed by atoms with Gasteiger partial charge in [-0.15, -0.1) is 0 Å². The molecule has 1 rings (SSSR count). The fourth-order valence-corrected chi connectivity index (χ4v) is 3.65. The predicted octanol–water partition coefficient (Wildman–Crippen LogP) is 7.36. The molecule has 0 heterocycles. The van der Waals surface area contributed by atoms with Gasteiger partial charge in [0.15, 0.2) is 5.11 Å². The van der Waals surface area contributed by atoms with Crippen LogP contribution in [-0.4, -0.2) is 21.0 Å². The first kappa shape index (κ1) is 27.6. The fraction of sp³-hybridized carbons (Fsp3) is 0.619. The van der Waals surface area contributed by atoms with Gasteiger partial charge in [-0.1, -0.05) is 111 Å². The van der Waals surface area contributed by atoms with Gasteiger partial charge in [0.25, 0.3) is 0 Å². The first-order valence-electron chi connectivity index (χ1n) is 10.4. The van der Waals surface area contributed by atoms with E-state index in [0.29, 0.717) is 17.1 Å². The maximum atomic E-state index is 12.3. The number of amides is 1. The van der Waals surface area contributed by atoms with Crippen LogP contribution in [0.3, 0.4) is 0 Å². The summed E-state index contributed by atoms with van der Waals surface area (Å²) in [6, 6.07) is 7.04. The summed E-state index contributed by atoms with van der Waals surface area (Å²) in [7, 11) is 0. The van der Waals surface area contributed by atoms with Crippen LogP contribution in [-0.2, 0) is 4.79 Å². The van der Waals surface area contributed by atoms with E-state index in [1.807, 2.05) is 0 Å². The van der Waals surface area contributed by atoms with Gasteiger partial charge in [-0.25, -0.2) is 0 Å². The van der Waals surface area contributed by atoms with E-state index in [1.165, 1.54) is 38.5 Å². The molecular formula is C21H31Cl4N3OS. The number of anilines is 1. The predicted molar refractivity (Wildman–Crippen MR) is 135 cm³/mol. The second-order valence-corrected chi connectivity index (χ2v) is 10.4. The van der Waals surface area contributed by atoms with Crippen LogP contribution >= 0.6 is 58.6 Å². The zero-order valence-corrected chi connectivity index (χ0v) is 21.1. The molecule has 0 aromatic heterocycles. The second-order valence-electron chi connectivity index (χ2n) is 7.23. The van der Waals surface area contributed by atoms with Gasteiger partial charge >= 0.3 is 0 Å². The molecule has 3 N–H and O–H groups in total. The Bertz CT molecular complexity index is 655. The quantitative estimate of drug-likeness (QED) is 0.111. The lowest BCUT2D eigenvalue weighted by molar-refractivity contribution is -0.122.